The van der Waals surface area contributed by atoms with Crippen LogP contribution in [-0.4, -0.2) is 67.8 Å². The predicted molar refractivity (Wildman–Crippen MR) is 138 cm³/mol. The zero-order chi connectivity index (χ0) is 28.5. The second kappa shape index (κ2) is 11.1. The molecule has 1 saturated heterocycles. The van der Waals surface area contributed by atoms with Crippen molar-refractivity contribution in [2.45, 2.75) is 49.7 Å². The first-order valence-electron chi connectivity index (χ1n) is 12.6. The van der Waals surface area contributed by atoms with Gasteiger partial charge in [-0.2, -0.15) is 15.4 Å². The zero-order valence-corrected chi connectivity index (χ0v) is 22.4. The largest absolute Gasteiger partial charge is 0.464 e. The Hall–Kier alpha value is -3.57. The second-order valence-corrected chi connectivity index (χ2v) is 11.5. The van der Waals surface area contributed by atoms with E-state index in [0.717, 1.165) is 12.8 Å². The fourth-order valence-corrected chi connectivity index (χ4v) is 5.79. The number of nitrogens with two attached hydrogens (primary N) is 1. The third-order valence-electron chi connectivity index (χ3n) is 6.72. The molecule has 1 aliphatic heterocycles. The van der Waals surface area contributed by atoms with E-state index in [0.29, 0.717) is 17.1 Å². The average Bonchev–Trinajstić information content (AvgIpc) is 3.62. The van der Waals surface area contributed by atoms with Gasteiger partial charge in [-0.3, -0.25) is 9.32 Å². The molecule has 0 bridgehead atoms. The van der Waals surface area contributed by atoms with Crippen LogP contribution in [0.3, 0.4) is 0 Å². The maximum atomic E-state index is 13.9. The highest BCUT2D eigenvalue weighted by Gasteiger charge is 2.57. The highest BCUT2D eigenvalue weighted by Crippen LogP contribution is 2.48. The first kappa shape index (κ1) is 28.0. The van der Waals surface area contributed by atoms with Gasteiger partial charge >= 0.3 is 13.7 Å². The summed E-state index contributed by atoms with van der Waals surface area (Å²) in [6.07, 6.45) is -1.41. The summed E-state index contributed by atoms with van der Waals surface area (Å²) in [4.78, 5) is 16.4. The number of carbonyl (C=O) groups excluding carboxylic acids is 1. The van der Waals surface area contributed by atoms with Crippen LogP contribution in [0.5, 0.6) is 5.75 Å². The first-order valence-corrected chi connectivity index (χ1v) is 14.2. The lowest BCUT2D eigenvalue weighted by atomic mass is 9.96. The predicted octanol–water partition coefficient (Wildman–Crippen LogP) is 1.50. The SMILES string of the molecule is C[C@H](N[P@@](=O)(OC[C@@]1(C#N)O[C@@H](c2ccc3c(N)ncnn23)[C@H](O)[C@@H]1O)Oc1ccccc1)C(=O)OCC1CC1. The summed E-state index contributed by atoms with van der Waals surface area (Å²) >= 11 is 0. The summed E-state index contributed by atoms with van der Waals surface area (Å²) in [7, 11) is -4.38. The minimum Gasteiger partial charge on any atom is -0.464 e. The number of aromatic nitrogens is 3. The van der Waals surface area contributed by atoms with Crippen LogP contribution in [0.2, 0.25) is 0 Å². The number of para-hydroxylation sites is 1. The molecule has 1 aromatic carbocycles. The van der Waals surface area contributed by atoms with Crippen molar-refractivity contribution < 1.29 is 38.1 Å². The number of fused-ring (bicyclic) bond motifs is 1. The third kappa shape index (κ3) is 5.66. The summed E-state index contributed by atoms with van der Waals surface area (Å²) in [6.45, 7) is 0.905. The summed E-state index contributed by atoms with van der Waals surface area (Å²) in [6, 6.07) is 12.0. The number of aliphatic hydroxyl groups is 2. The Labute approximate surface area is 229 Å². The minimum atomic E-state index is -4.38. The molecular formula is C25H29N6O8P. The molecule has 14 nitrogen and oxygen atoms in total. The van der Waals surface area contributed by atoms with Crippen LogP contribution >= 0.6 is 7.75 Å². The summed E-state index contributed by atoms with van der Waals surface area (Å²) in [5.41, 5.74) is 4.44. The standard InChI is InChI=1S/C25H29N6O8P/c1-15(24(34)36-11-16-7-8-16)30-40(35,39-17-5-3-2-4-6-17)37-13-25(12-26)22(33)20(32)21(38-25)18-9-10-19-23(27)28-14-29-31(18)19/h2-6,9-10,14-16,20-22,32-33H,7-8,11,13H2,1H3,(H,30,35)(H2,27,28,29)/t15-,20-,21-,22-,25+,40+/m0/s1. The van der Waals surface area contributed by atoms with Gasteiger partial charge in [-0.15, -0.1) is 0 Å². The van der Waals surface area contributed by atoms with E-state index in [9.17, 15) is 24.8 Å². The Balaban J connectivity index is 1.36. The molecule has 2 fully saturated rings. The maximum Gasteiger partial charge on any atom is 0.459 e. The first-order chi connectivity index (χ1) is 19.1. The molecule has 2 aliphatic rings. The van der Waals surface area contributed by atoms with Crippen LogP contribution in [0.1, 0.15) is 31.6 Å². The van der Waals surface area contributed by atoms with E-state index >= 15 is 0 Å². The number of benzene rings is 1. The molecule has 40 heavy (non-hydrogen) atoms. The number of ether oxygens (including phenoxy) is 2. The molecule has 0 amide bonds. The number of nitrogens with zero attached hydrogens (tertiary/aromatic N) is 4. The van der Waals surface area contributed by atoms with Crippen molar-refractivity contribution >= 4 is 25.1 Å². The molecule has 2 aromatic heterocycles. The van der Waals surface area contributed by atoms with E-state index in [-0.39, 0.29) is 18.2 Å². The van der Waals surface area contributed by atoms with Crippen molar-refractivity contribution in [3.63, 3.8) is 0 Å². The molecule has 212 valence electrons. The fraction of sp³-hybridized carbons (Fsp3) is 0.440. The van der Waals surface area contributed by atoms with E-state index in [1.165, 1.54) is 29.9 Å². The molecule has 6 atom stereocenters. The van der Waals surface area contributed by atoms with Gasteiger partial charge in [-0.05, 0) is 49.9 Å². The molecule has 1 aliphatic carbocycles. The Morgan fingerprint density at radius 1 is 1.32 bits per heavy atom. The summed E-state index contributed by atoms with van der Waals surface area (Å²) in [5.74, 6) is 0.0114. The van der Waals surface area contributed by atoms with Crippen molar-refractivity contribution in [3.8, 4) is 11.8 Å². The molecule has 15 heteroatoms. The van der Waals surface area contributed by atoms with E-state index < -0.39 is 50.3 Å². The molecule has 3 heterocycles. The van der Waals surface area contributed by atoms with Gasteiger partial charge in [0.25, 0.3) is 0 Å². The number of anilines is 1. The lowest BCUT2D eigenvalue weighted by molar-refractivity contribution is -0.145. The van der Waals surface area contributed by atoms with E-state index in [2.05, 4.69) is 15.2 Å². The highest BCUT2D eigenvalue weighted by atomic mass is 31.2. The number of nitriles is 1. The van der Waals surface area contributed by atoms with Gasteiger partial charge in [0.2, 0.25) is 5.60 Å². The number of aliphatic hydroxyl groups excluding tert-OH is 2. The van der Waals surface area contributed by atoms with E-state index in [1.807, 2.05) is 6.07 Å². The monoisotopic (exact) mass is 572 g/mol. The third-order valence-corrected chi connectivity index (χ3v) is 8.35. The molecule has 0 unspecified atom stereocenters. The number of nitrogen functional groups attached to an aromatic ring is 1. The number of esters is 1. The molecule has 0 spiro atoms. The zero-order valence-electron chi connectivity index (χ0n) is 21.5. The smallest absolute Gasteiger partial charge is 0.459 e. The van der Waals surface area contributed by atoms with Crippen LogP contribution in [0.4, 0.5) is 5.82 Å². The second-order valence-electron chi connectivity index (χ2n) is 9.78. The number of rotatable bonds is 11. The van der Waals surface area contributed by atoms with Crippen molar-refractivity contribution in [2.75, 3.05) is 18.9 Å². The van der Waals surface area contributed by atoms with Crippen LogP contribution in [0, 0.1) is 17.2 Å². The molecule has 3 aromatic rings. The minimum absolute atomic E-state index is 0.158. The van der Waals surface area contributed by atoms with Crippen molar-refractivity contribution in [1.29, 1.82) is 5.26 Å². The highest BCUT2D eigenvalue weighted by molar-refractivity contribution is 7.52. The van der Waals surface area contributed by atoms with Gasteiger partial charge in [0.15, 0.2) is 5.82 Å². The number of hydrogen-bond acceptors (Lipinski definition) is 12. The molecular weight excluding hydrogens is 543 g/mol. The van der Waals surface area contributed by atoms with Gasteiger partial charge in [-0.1, -0.05) is 18.2 Å². The Morgan fingerprint density at radius 3 is 2.77 bits per heavy atom. The van der Waals surface area contributed by atoms with Gasteiger partial charge in [0, 0.05) is 0 Å². The van der Waals surface area contributed by atoms with Crippen molar-refractivity contribution in [1.82, 2.24) is 19.7 Å². The van der Waals surface area contributed by atoms with Crippen LogP contribution in [-0.2, 0) is 23.4 Å². The van der Waals surface area contributed by atoms with E-state index in [4.69, 9.17) is 24.3 Å². The van der Waals surface area contributed by atoms with Gasteiger partial charge < -0.3 is 29.9 Å². The average molecular weight is 573 g/mol. The Bertz CT molecular complexity index is 1460. The topological polar surface area (TPSA) is 204 Å². The lowest BCUT2D eigenvalue weighted by Gasteiger charge is -2.28. The van der Waals surface area contributed by atoms with Gasteiger partial charge in [0.05, 0.1) is 12.3 Å². The quantitative estimate of drug-likeness (QED) is 0.190. The lowest BCUT2D eigenvalue weighted by Crippen LogP contribution is -2.46. The van der Waals surface area contributed by atoms with Gasteiger partial charge in [0.1, 0.15) is 54.6 Å². The maximum absolute atomic E-state index is 13.9. The van der Waals surface area contributed by atoms with Gasteiger partial charge in [-0.25, -0.2) is 14.1 Å². The number of hydrogen-bond donors (Lipinski definition) is 4. The Kier molecular flexibility index (Phi) is 7.78. The Morgan fingerprint density at radius 2 is 2.08 bits per heavy atom. The summed E-state index contributed by atoms with van der Waals surface area (Å²) in [5, 5.41) is 38.5. The molecule has 5 N–H and O–H groups in total. The van der Waals surface area contributed by atoms with Crippen LogP contribution in [0.15, 0.2) is 48.8 Å². The fourth-order valence-electron chi connectivity index (χ4n) is 4.27. The molecule has 0 radical (unpaired) electrons. The molecule has 5 rings (SSSR count). The van der Waals surface area contributed by atoms with E-state index in [1.54, 1.807) is 30.3 Å². The van der Waals surface area contributed by atoms with Crippen LogP contribution in [0.25, 0.3) is 5.52 Å². The van der Waals surface area contributed by atoms with Crippen molar-refractivity contribution in [2.24, 2.45) is 5.92 Å². The summed E-state index contributed by atoms with van der Waals surface area (Å²) < 4.78 is 37.6. The normalized spacial score (nSPS) is 26.6. The van der Waals surface area contributed by atoms with Crippen LogP contribution < -0.4 is 15.3 Å². The van der Waals surface area contributed by atoms with Crippen molar-refractivity contribution in [3.05, 3.63) is 54.5 Å². The molecule has 1 saturated carbocycles. The number of nitrogens with one attached hydrogen (secondary N) is 1. The number of carbonyl (C=O) groups is 1.